The number of hydrogen-bond acceptors (Lipinski definition) is 17. The number of aliphatic imine (C=N–C) groups is 5. The van der Waals surface area contributed by atoms with Crippen LogP contribution in [-0.4, -0.2) is 256 Å². The summed E-state index contributed by atoms with van der Waals surface area (Å²) in [7, 11) is 0. The SMILES string of the molecule is CC(=O)N1CCN2C(C(C)(C)C)=N[C@@H](C)C(C(C)(C)C)=C2C1.CC(C)C(=O)N1CCN2C(C(C)(C)C)=N[C@@H](C)C(C(C)(C)C)=C2C1.C[C@@H]1N=C(C(C)(C)C)N2CCN(C(=O)C3(C)COC3)CC2=C1C(C)(C)C.C[C@@H]1N=C(C(C)(C)C)N2CCN(C(=O)C3CC3)CC2=C1C(C)(C)C.C[C@@H]1N=C(C(C)(C)C)N2CCN(C(=O)CN)CC2=C1C(C)(C)C. The molecule has 22 nitrogen and oxygen atoms in total. The molecule has 2 N–H and O–H groups in total. The van der Waals surface area contributed by atoms with E-state index in [1.54, 1.807) is 6.92 Å². The van der Waals surface area contributed by atoms with Crippen LogP contribution >= 0.6 is 0 Å². The maximum atomic E-state index is 13.1. The molecule has 0 aromatic rings. The molecule has 119 heavy (non-hydrogen) atoms. The lowest BCUT2D eigenvalue weighted by atomic mass is 9.78. The molecule has 6 saturated heterocycles. The van der Waals surface area contributed by atoms with E-state index in [-0.39, 0.29) is 126 Å². The second-order valence-corrected chi connectivity index (χ2v) is 46.9. The van der Waals surface area contributed by atoms with E-state index in [0.717, 1.165) is 102 Å². The molecule has 5 atom stereocenters. The molecule has 11 aliphatic heterocycles. The number of nitrogens with two attached hydrogens (primary N) is 1. The van der Waals surface area contributed by atoms with Gasteiger partial charge < -0.3 is 59.5 Å². The number of piperazine rings is 5. The Bertz CT molecular complexity index is 4030. The highest BCUT2D eigenvalue weighted by molar-refractivity contribution is 5.95. The Morgan fingerprint density at radius 3 is 0.832 bits per heavy atom. The molecule has 7 fully saturated rings. The predicted octanol–water partition coefficient (Wildman–Crippen LogP) is 16.5. The van der Waals surface area contributed by atoms with E-state index >= 15 is 0 Å². The number of amidine groups is 5. The van der Waals surface area contributed by atoms with Gasteiger partial charge in [-0.1, -0.05) is 222 Å². The summed E-state index contributed by atoms with van der Waals surface area (Å²) in [6.45, 7) is 98.3. The Hall–Kier alpha value is -6.68. The summed E-state index contributed by atoms with van der Waals surface area (Å²) < 4.78 is 5.32. The zero-order chi connectivity index (χ0) is 90.2. The fraction of sp³-hybridized carbons (Fsp3) is 0.794. The predicted molar refractivity (Wildman–Crippen MR) is 492 cm³/mol. The van der Waals surface area contributed by atoms with E-state index in [1.807, 2.05) is 40.4 Å². The first-order chi connectivity index (χ1) is 54.1. The molecule has 22 heteroatoms. The van der Waals surface area contributed by atoms with E-state index in [2.05, 4.69) is 272 Å². The molecule has 5 amide bonds. The molecule has 0 aromatic carbocycles. The number of hydrogen-bond donors (Lipinski definition) is 1. The fourth-order valence-electron chi connectivity index (χ4n) is 19.9. The number of rotatable bonds is 4. The van der Waals surface area contributed by atoms with Crippen LogP contribution in [0.2, 0.25) is 0 Å². The van der Waals surface area contributed by atoms with E-state index in [4.69, 9.17) is 35.4 Å². The topological polar surface area (TPSA) is 215 Å². The molecule has 670 valence electrons. The minimum absolute atomic E-state index is 0.00709. The quantitative estimate of drug-likeness (QED) is 0.278. The van der Waals surface area contributed by atoms with Crippen LogP contribution in [0.15, 0.2) is 81.3 Å². The summed E-state index contributed by atoms with van der Waals surface area (Å²) in [6.07, 6.45) is 2.16. The van der Waals surface area contributed by atoms with Crippen molar-refractivity contribution in [3.63, 3.8) is 0 Å². The van der Waals surface area contributed by atoms with Gasteiger partial charge in [0.05, 0.1) is 88.1 Å². The Morgan fingerprint density at radius 1 is 0.361 bits per heavy atom. The molecular weight excluding hydrogens is 1490 g/mol. The molecule has 11 heterocycles. The van der Waals surface area contributed by atoms with Crippen molar-refractivity contribution in [2.45, 2.75) is 313 Å². The van der Waals surface area contributed by atoms with E-state index < -0.39 is 0 Å². The van der Waals surface area contributed by atoms with Crippen molar-refractivity contribution in [1.82, 2.24) is 49.0 Å². The van der Waals surface area contributed by atoms with Crippen LogP contribution in [0, 0.1) is 71.4 Å². The normalized spacial score (nSPS) is 24.3. The zero-order valence-corrected chi connectivity index (χ0v) is 82.4. The van der Waals surface area contributed by atoms with E-state index in [0.29, 0.717) is 57.8 Å². The second kappa shape index (κ2) is 35.2. The molecule has 0 spiro atoms. The van der Waals surface area contributed by atoms with Crippen LogP contribution in [0.1, 0.15) is 283 Å². The standard InChI is InChI=1S/C21H35N3O2.C20H33N3O.C20H35N3O.C18H32N4O.C18H31N3O/c1-14-16(19(2,3)4)15-11-23(18(25)21(8)12-26-13-21)9-10-24(15)17(22-14)20(5,6)7;1-13-16(19(2,3)4)15-12-22(17(24)14-8-9-14)10-11-23(15)18(21-13)20(5,6)7;1-13(2)17(24)22-10-11-23-15(12-22)16(19(4,5)6)14(3)21-18(23)20(7,8)9;1-12-15(17(2,3)4)13-11-21(14(23)10-19)8-9-22(13)16(20-12)18(5,6)7;1-12-15(17(3,4)5)14-11-20(13(2)22)9-10-21(14)16(19-12)18(6,7)8/h14H,9-13H2,1-8H3;13-14H,8-12H2,1-7H3;13-14H,10-12H2,1-9H3;12H,8-11,19H2,1-7H3;12H,9-11H2,1-8H3/t14-;13-;14-;2*12-/m00000/s1. The number of ether oxygens (including phenoxy) is 1. The Labute approximate surface area is 722 Å². The van der Waals surface area contributed by atoms with Crippen LogP contribution in [-0.2, 0) is 28.7 Å². The van der Waals surface area contributed by atoms with Crippen LogP contribution < -0.4 is 5.73 Å². The zero-order valence-electron chi connectivity index (χ0n) is 82.4. The third kappa shape index (κ3) is 22.1. The average Bonchev–Trinajstić information content (AvgIpc) is 0.950. The lowest BCUT2D eigenvalue weighted by Gasteiger charge is -2.50. The number of carbonyl (C=O) groups is 5. The summed E-state index contributed by atoms with van der Waals surface area (Å²) in [5.41, 5.74) is 18.7. The monoisotopic (exact) mass is 1650 g/mol. The van der Waals surface area contributed by atoms with Gasteiger partial charge >= 0.3 is 0 Å². The minimum Gasteiger partial charge on any atom is -0.379 e. The third-order valence-electron chi connectivity index (χ3n) is 24.9. The van der Waals surface area contributed by atoms with Crippen LogP contribution in [0.4, 0.5) is 0 Å². The van der Waals surface area contributed by atoms with Crippen molar-refractivity contribution in [3.05, 3.63) is 56.4 Å². The average molecular weight is 1650 g/mol. The third-order valence-corrected chi connectivity index (χ3v) is 24.9. The fourth-order valence-corrected chi connectivity index (χ4v) is 19.9. The van der Waals surface area contributed by atoms with Gasteiger partial charge in [0.15, 0.2) is 0 Å². The molecule has 0 unspecified atom stereocenters. The summed E-state index contributed by atoms with van der Waals surface area (Å²) in [6, 6.07) is 0.810. The van der Waals surface area contributed by atoms with Crippen LogP contribution in [0.5, 0.6) is 0 Å². The van der Waals surface area contributed by atoms with Gasteiger partial charge in [0.1, 0.15) is 29.2 Å². The van der Waals surface area contributed by atoms with Gasteiger partial charge in [-0.05, 0) is 109 Å². The van der Waals surface area contributed by atoms with Crippen molar-refractivity contribution in [1.29, 1.82) is 0 Å². The summed E-state index contributed by atoms with van der Waals surface area (Å²) in [5, 5.41) is 0. The van der Waals surface area contributed by atoms with Gasteiger partial charge in [0.2, 0.25) is 29.5 Å². The highest BCUT2D eigenvalue weighted by atomic mass is 16.5. The van der Waals surface area contributed by atoms with E-state index in [1.165, 1.54) is 62.2 Å². The van der Waals surface area contributed by atoms with Crippen molar-refractivity contribution >= 4 is 58.7 Å². The molecule has 0 aromatic heterocycles. The molecule has 1 aliphatic carbocycles. The first kappa shape index (κ1) is 97.8. The van der Waals surface area contributed by atoms with Crippen molar-refractivity contribution < 1.29 is 28.7 Å². The smallest absolute Gasteiger partial charge is 0.236 e. The second-order valence-electron chi connectivity index (χ2n) is 46.9. The molecular formula is C97H166N16O6. The Balaban J connectivity index is 0.000000186. The number of carbonyl (C=O) groups excluding carboxylic acids is 5. The first-order valence-corrected chi connectivity index (χ1v) is 45.2. The largest absolute Gasteiger partial charge is 0.379 e. The molecule has 0 radical (unpaired) electrons. The van der Waals surface area contributed by atoms with Crippen molar-refractivity contribution in [3.8, 4) is 0 Å². The van der Waals surface area contributed by atoms with Gasteiger partial charge in [-0.3, -0.25) is 48.9 Å². The highest BCUT2D eigenvalue weighted by Crippen LogP contribution is 2.48. The van der Waals surface area contributed by atoms with Gasteiger partial charge in [-0.25, -0.2) is 0 Å². The minimum atomic E-state index is -0.341. The number of fused-ring (bicyclic) bond motifs is 5. The molecule has 1 saturated carbocycles. The van der Waals surface area contributed by atoms with Crippen LogP contribution in [0.25, 0.3) is 0 Å². The van der Waals surface area contributed by atoms with Gasteiger partial charge in [0, 0.05) is 140 Å². The Morgan fingerprint density at radius 2 is 0.597 bits per heavy atom. The summed E-state index contributed by atoms with van der Waals surface area (Å²) in [5.74, 6) is 7.16. The van der Waals surface area contributed by atoms with E-state index in [9.17, 15) is 24.0 Å². The van der Waals surface area contributed by atoms with Crippen LogP contribution in [0.3, 0.4) is 0 Å². The summed E-state index contributed by atoms with van der Waals surface area (Å²) >= 11 is 0. The maximum Gasteiger partial charge on any atom is 0.236 e. The van der Waals surface area contributed by atoms with Gasteiger partial charge in [-0.2, -0.15) is 0 Å². The maximum absolute atomic E-state index is 13.1. The highest BCUT2D eigenvalue weighted by Gasteiger charge is 2.50. The lowest BCUT2D eigenvalue weighted by molar-refractivity contribution is -0.169. The van der Waals surface area contributed by atoms with Crippen molar-refractivity contribution in [2.75, 3.05) is 118 Å². The molecule has 0 bridgehead atoms. The molecule has 12 rings (SSSR count). The molecule has 12 aliphatic rings. The first-order valence-electron chi connectivity index (χ1n) is 45.2. The number of amides is 5. The Kier molecular flexibility index (Phi) is 28.9. The van der Waals surface area contributed by atoms with Crippen molar-refractivity contribution in [2.24, 2.45) is 102 Å². The van der Waals surface area contributed by atoms with Gasteiger partial charge in [-0.15, -0.1) is 0 Å². The lowest BCUT2D eigenvalue weighted by Crippen LogP contribution is -2.60. The summed E-state index contributed by atoms with van der Waals surface area (Å²) in [4.78, 5) is 109. The number of nitrogens with zero attached hydrogens (tertiary/aromatic N) is 15. The van der Waals surface area contributed by atoms with Gasteiger partial charge in [0.25, 0.3) is 0 Å².